The van der Waals surface area contributed by atoms with Gasteiger partial charge in [0.1, 0.15) is 0 Å². The Morgan fingerprint density at radius 1 is 1.25 bits per heavy atom. The lowest BCUT2D eigenvalue weighted by Gasteiger charge is -2.27. The van der Waals surface area contributed by atoms with E-state index in [1.807, 2.05) is 0 Å². The fourth-order valence-corrected chi connectivity index (χ4v) is 2.94. The summed E-state index contributed by atoms with van der Waals surface area (Å²) in [6.45, 7) is 5.95. The van der Waals surface area contributed by atoms with Gasteiger partial charge in [-0.25, -0.2) is 0 Å². The van der Waals surface area contributed by atoms with E-state index in [9.17, 15) is 4.79 Å². The molecule has 20 heavy (non-hydrogen) atoms. The van der Waals surface area contributed by atoms with Gasteiger partial charge in [-0.05, 0) is 38.5 Å². The first-order valence-corrected chi connectivity index (χ1v) is 8.30. The Labute approximate surface area is 123 Å². The second kappa shape index (κ2) is 10.2. The Morgan fingerprint density at radius 2 is 1.95 bits per heavy atom. The third kappa shape index (κ3) is 7.25. The summed E-state index contributed by atoms with van der Waals surface area (Å²) in [6, 6.07) is 0. The fourth-order valence-electron chi connectivity index (χ4n) is 2.94. The van der Waals surface area contributed by atoms with E-state index < -0.39 is 0 Å². The molecule has 0 bridgehead atoms. The Bertz CT molecular complexity index is 261. The molecule has 0 saturated heterocycles. The van der Waals surface area contributed by atoms with Gasteiger partial charge in [0.15, 0.2) is 0 Å². The highest BCUT2D eigenvalue weighted by Crippen LogP contribution is 2.31. The van der Waals surface area contributed by atoms with Crippen LogP contribution in [0.5, 0.6) is 0 Å². The van der Waals surface area contributed by atoms with Gasteiger partial charge in [0.05, 0.1) is 6.10 Å². The first-order chi connectivity index (χ1) is 9.63. The molecule has 1 atom stereocenters. The van der Waals surface area contributed by atoms with E-state index in [1.165, 1.54) is 32.1 Å². The number of hydrogen-bond acceptors (Lipinski definition) is 3. The van der Waals surface area contributed by atoms with Crippen molar-refractivity contribution in [3.63, 3.8) is 0 Å². The van der Waals surface area contributed by atoms with E-state index in [0.717, 1.165) is 25.3 Å². The number of amides is 1. The van der Waals surface area contributed by atoms with Crippen LogP contribution in [-0.4, -0.2) is 36.8 Å². The van der Waals surface area contributed by atoms with Crippen molar-refractivity contribution in [3.8, 4) is 0 Å². The van der Waals surface area contributed by atoms with Gasteiger partial charge in [0.25, 0.3) is 0 Å². The van der Waals surface area contributed by atoms with Crippen molar-refractivity contribution in [1.82, 2.24) is 10.6 Å². The van der Waals surface area contributed by atoms with E-state index >= 15 is 0 Å². The van der Waals surface area contributed by atoms with Crippen molar-refractivity contribution >= 4 is 5.91 Å². The first-order valence-electron chi connectivity index (χ1n) is 8.30. The average molecular weight is 284 g/mol. The highest BCUT2D eigenvalue weighted by Gasteiger charge is 2.25. The van der Waals surface area contributed by atoms with Crippen LogP contribution in [0.15, 0.2) is 0 Å². The zero-order valence-corrected chi connectivity index (χ0v) is 13.2. The molecule has 1 aliphatic rings. The number of rotatable bonds is 9. The van der Waals surface area contributed by atoms with Crippen molar-refractivity contribution in [2.24, 2.45) is 11.8 Å². The second-order valence-corrected chi connectivity index (χ2v) is 6.20. The molecule has 1 amide bonds. The molecule has 4 nitrogen and oxygen atoms in total. The number of nitrogens with one attached hydrogen (secondary N) is 2. The van der Waals surface area contributed by atoms with E-state index in [0.29, 0.717) is 13.1 Å². The third-order valence-electron chi connectivity index (χ3n) is 4.22. The van der Waals surface area contributed by atoms with Gasteiger partial charge in [-0.3, -0.25) is 4.79 Å². The molecule has 0 aromatic heterocycles. The highest BCUT2D eigenvalue weighted by molar-refractivity contribution is 5.78. The van der Waals surface area contributed by atoms with Crippen molar-refractivity contribution in [2.45, 2.75) is 64.9 Å². The Morgan fingerprint density at radius 3 is 2.55 bits per heavy atom. The quantitative estimate of drug-likeness (QED) is 0.568. The molecule has 118 valence electrons. The molecular formula is C16H32N2O2. The topological polar surface area (TPSA) is 61.4 Å². The number of aliphatic hydroxyl groups is 1. The maximum absolute atomic E-state index is 12.0. The summed E-state index contributed by atoms with van der Waals surface area (Å²) >= 11 is 0. The van der Waals surface area contributed by atoms with Crippen LogP contribution in [0.4, 0.5) is 0 Å². The standard InChI is InChI=1S/C16H32N2O2/c1-3-4-5-14-6-8-15(9-7-14)16(20)18-11-10-17-12-13(2)19/h13-15,17,19H,3-12H2,1-2H3,(H,18,20). The molecule has 1 unspecified atom stereocenters. The second-order valence-electron chi connectivity index (χ2n) is 6.20. The number of carbonyl (C=O) groups excluding carboxylic acids is 1. The van der Waals surface area contributed by atoms with Crippen LogP contribution in [0.2, 0.25) is 0 Å². The maximum Gasteiger partial charge on any atom is 0.223 e. The zero-order valence-electron chi connectivity index (χ0n) is 13.2. The Balaban J connectivity index is 2.07. The number of carbonyl (C=O) groups is 1. The lowest BCUT2D eigenvalue weighted by molar-refractivity contribution is -0.126. The average Bonchev–Trinajstić information content (AvgIpc) is 2.44. The minimum Gasteiger partial charge on any atom is -0.392 e. The Hall–Kier alpha value is -0.610. The lowest BCUT2D eigenvalue weighted by Crippen LogP contribution is -2.38. The largest absolute Gasteiger partial charge is 0.392 e. The molecule has 4 heteroatoms. The summed E-state index contributed by atoms with van der Waals surface area (Å²) < 4.78 is 0. The first kappa shape index (κ1) is 17.4. The van der Waals surface area contributed by atoms with Gasteiger partial charge in [-0.15, -0.1) is 0 Å². The SMILES string of the molecule is CCCCC1CCC(C(=O)NCCNCC(C)O)CC1. The summed E-state index contributed by atoms with van der Waals surface area (Å²) in [5.74, 6) is 1.30. The number of unbranched alkanes of at least 4 members (excludes halogenated alkanes) is 1. The van der Waals surface area contributed by atoms with E-state index in [-0.39, 0.29) is 17.9 Å². The van der Waals surface area contributed by atoms with Gasteiger partial charge in [-0.2, -0.15) is 0 Å². The normalized spacial score (nSPS) is 24.4. The molecular weight excluding hydrogens is 252 g/mol. The lowest BCUT2D eigenvalue weighted by atomic mass is 9.79. The molecule has 3 N–H and O–H groups in total. The molecule has 0 aromatic carbocycles. The molecule has 0 radical (unpaired) electrons. The van der Waals surface area contributed by atoms with Crippen LogP contribution in [0.1, 0.15) is 58.8 Å². The molecule has 0 spiro atoms. The van der Waals surface area contributed by atoms with Crippen LogP contribution in [0.3, 0.4) is 0 Å². The van der Waals surface area contributed by atoms with E-state index in [1.54, 1.807) is 6.92 Å². The summed E-state index contributed by atoms with van der Waals surface area (Å²) in [6.07, 6.45) is 8.17. The summed E-state index contributed by atoms with van der Waals surface area (Å²) in [5.41, 5.74) is 0. The van der Waals surface area contributed by atoms with Crippen molar-refractivity contribution in [3.05, 3.63) is 0 Å². The van der Waals surface area contributed by atoms with Crippen LogP contribution in [0.25, 0.3) is 0 Å². The van der Waals surface area contributed by atoms with Gasteiger partial charge in [-0.1, -0.05) is 26.2 Å². The molecule has 1 fully saturated rings. The maximum atomic E-state index is 12.0. The Kier molecular flexibility index (Phi) is 8.86. The molecule has 0 aromatic rings. The molecule has 0 aliphatic heterocycles. The van der Waals surface area contributed by atoms with Crippen LogP contribution in [0, 0.1) is 11.8 Å². The summed E-state index contributed by atoms with van der Waals surface area (Å²) in [4.78, 5) is 12.0. The van der Waals surface area contributed by atoms with Crippen molar-refractivity contribution < 1.29 is 9.90 Å². The monoisotopic (exact) mass is 284 g/mol. The van der Waals surface area contributed by atoms with Gasteiger partial charge in [0, 0.05) is 25.6 Å². The smallest absolute Gasteiger partial charge is 0.223 e. The highest BCUT2D eigenvalue weighted by atomic mass is 16.3. The van der Waals surface area contributed by atoms with E-state index in [2.05, 4.69) is 17.6 Å². The van der Waals surface area contributed by atoms with Crippen LogP contribution >= 0.6 is 0 Å². The number of aliphatic hydroxyl groups excluding tert-OH is 1. The predicted octanol–water partition coefficient (Wildman–Crippen LogP) is 2.07. The van der Waals surface area contributed by atoms with Gasteiger partial charge < -0.3 is 15.7 Å². The van der Waals surface area contributed by atoms with Crippen LogP contribution < -0.4 is 10.6 Å². The van der Waals surface area contributed by atoms with Gasteiger partial charge >= 0.3 is 0 Å². The van der Waals surface area contributed by atoms with Crippen molar-refractivity contribution in [2.75, 3.05) is 19.6 Å². The van der Waals surface area contributed by atoms with Crippen LogP contribution in [-0.2, 0) is 4.79 Å². The van der Waals surface area contributed by atoms with Crippen molar-refractivity contribution in [1.29, 1.82) is 0 Å². The minimum absolute atomic E-state index is 0.220. The minimum atomic E-state index is -0.330. The van der Waals surface area contributed by atoms with Gasteiger partial charge in [0.2, 0.25) is 5.91 Å². The molecule has 0 heterocycles. The third-order valence-corrected chi connectivity index (χ3v) is 4.22. The summed E-state index contributed by atoms with van der Waals surface area (Å²) in [5, 5.41) is 15.2. The van der Waals surface area contributed by atoms with E-state index in [4.69, 9.17) is 5.11 Å². The number of hydrogen-bond donors (Lipinski definition) is 3. The molecule has 1 saturated carbocycles. The fraction of sp³-hybridized carbons (Fsp3) is 0.938. The molecule has 1 rings (SSSR count). The summed E-state index contributed by atoms with van der Waals surface area (Å²) in [7, 11) is 0. The predicted molar refractivity (Wildman–Crippen MR) is 82.5 cm³/mol. The molecule has 1 aliphatic carbocycles. The zero-order chi connectivity index (χ0) is 14.8.